The largest absolute Gasteiger partial charge is 0.478 e. The van der Waals surface area contributed by atoms with Gasteiger partial charge in [-0.2, -0.15) is 0 Å². The molecular weight excluding hydrogens is 490 g/mol. The smallest absolute Gasteiger partial charge is 0.337 e. The van der Waals surface area contributed by atoms with E-state index >= 15 is 0 Å². The van der Waals surface area contributed by atoms with E-state index in [0.717, 1.165) is 0 Å². The van der Waals surface area contributed by atoms with E-state index in [0.29, 0.717) is 18.4 Å². The molecule has 2 amide bonds. The maximum absolute atomic E-state index is 12.0. The molecule has 0 aliphatic rings. The topological polar surface area (TPSA) is 95.5 Å². The first-order valence-electron chi connectivity index (χ1n) is 5.46. The quantitative estimate of drug-likeness (QED) is 0.553. The third kappa shape index (κ3) is 3.22. The van der Waals surface area contributed by atoms with E-state index in [1.54, 1.807) is 6.92 Å². The van der Waals surface area contributed by atoms with Crippen LogP contribution in [-0.2, 0) is 4.79 Å². The number of aromatic carboxylic acids is 1. The van der Waals surface area contributed by atoms with Crippen molar-refractivity contribution in [3.8, 4) is 0 Å². The van der Waals surface area contributed by atoms with Crippen LogP contribution in [0.3, 0.4) is 0 Å². The predicted molar refractivity (Wildman–Crippen MR) is 91.3 cm³/mol. The highest BCUT2D eigenvalue weighted by Crippen LogP contribution is 2.34. The van der Waals surface area contributed by atoms with Crippen LogP contribution in [0.25, 0.3) is 0 Å². The third-order valence-corrected chi connectivity index (χ3v) is 4.75. The molecule has 1 aromatic rings. The summed E-state index contributed by atoms with van der Waals surface area (Å²) >= 11 is 3.79. The minimum absolute atomic E-state index is 0.0216. The molecule has 1 rings (SSSR count). The lowest BCUT2D eigenvalue weighted by Crippen LogP contribution is -2.24. The Labute approximate surface area is 143 Å². The Balaban J connectivity index is 3.78. The van der Waals surface area contributed by atoms with Gasteiger partial charge in [-0.1, -0.05) is 0 Å². The highest BCUT2D eigenvalue weighted by Gasteiger charge is 2.26. The normalized spacial score (nSPS) is 10.1. The maximum Gasteiger partial charge on any atom is 0.337 e. The van der Waals surface area contributed by atoms with Gasteiger partial charge >= 0.3 is 5.97 Å². The van der Waals surface area contributed by atoms with E-state index in [4.69, 9.17) is 0 Å². The molecule has 20 heavy (non-hydrogen) atoms. The molecule has 0 atom stereocenters. The second-order valence-corrected chi connectivity index (χ2v) is 6.10. The van der Waals surface area contributed by atoms with Crippen molar-refractivity contribution in [3.63, 3.8) is 0 Å². The third-order valence-electron chi connectivity index (χ3n) is 2.60. The lowest BCUT2D eigenvalue weighted by molar-refractivity contribution is -0.114. The van der Waals surface area contributed by atoms with Crippen molar-refractivity contribution in [1.82, 2.24) is 5.32 Å². The van der Waals surface area contributed by atoms with E-state index in [1.807, 2.05) is 45.2 Å². The average molecular weight is 502 g/mol. The van der Waals surface area contributed by atoms with E-state index in [1.165, 1.54) is 14.0 Å². The second-order valence-electron chi connectivity index (χ2n) is 3.94. The first-order valence-corrected chi connectivity index (χ1v) is 7.62. The molecule has 0 unspecified atom stereocenters. The van der Waals surface area contributed by atoms with Crippen molar-refractivity contribution in [1.29, 1.82) is 0 Å². The average Bonchev–Trinajstić information content (AvgIpc) is 2.33. The number of anilines is 1. The number of benzene rings is 1. The van der Waals surface area contributed by atoms with Crippen LogP contribution < -0.4 is 10.6 Å². The Morgan fingerprint density at radius 3 is 2.00 bits per heavy atom. The second kappa shape index (κ2) is 6.70. The van der Waals surface area contributed by atoms with E-state index in [-0.39, 0.29) is 17.0 Å². The maximum atomic E-state index is 12.0. The van der Waals surface area contributed by atoms with Gasteiger partial charge in [0.2, 0.25) is 5.91 Å². The number of hydrogen-bond acceptors (Lipinski definition) is 3. The van der Waals surface area contributed by atoms with E-state index in [9.17, 15) is 19.5 Å². The SMILES string of the molecule is CNC(=O)c1c(C)c(C(=O)O)c(I)c(NC(C)=O)c1I. The molecule has 0 radical (unpaired) electrons. The van der Waals surface area contributed by atoms with Gasteiger partial charge in [0.1, 0.15) is 0 Å². The summed E-state index contributed by atoms with van der Waals surface area (Å²) in [5.74, 6) is -1.86. The van der Waals surface area contributed by atoms with Crippen LogP contribution in [0.5, 0.6) is 0 Å². The van der Waals surface area contributed by atoms with Gasteiger partial charge in [0.15, 0.2) is 0 Å². The van der Waals surface area contributed by atoms with Crippen LogP contribution in [0, 0.1) is 14.1 Å². The zero-order valence-corrected chi connectivity index (χ0v) is 15.2. The molecular formula is C12H12I2N2O4. The van der Waals surface area contributed by atoms with Crippen molar-refractivity contribution >= 4 is 68.7 Å². The van der Waals surface area contributed by atoms with Gasteiger partial charge in [-0.25, -0.2) is 4.79 Å². The van der Waals surface area contributed by atoms with Crippen molar-refractivity contribution in [2.45, 2.75) is 13.8 Å². The molecule has 3 N–H and O–H groups in total. The molecule has 0 saturated heterocycles. The standard InChI is InChI=1S/C12H12I2N2O4/c1-4-6(11(18)15-3)8(13)10(16-5(2)17)9(14)7(4)12(19)20/h1-3H3,(H,15,18)(H,16,17)(H,19,20). The summed E-state index contributed by atoms with van der Waals surface area (Å²) in [5.41, 5.74) is 1.00. The van der Waals surface area contributed by atoms with Crippen LogP contribution in [0.2, 0.25) is 0 Å². The minimum atomic E-state index is -1.14. The molecule has 8 heteroatoms. The van der Waals surface area contributed by atoms with Crippen LogP contribution >= 0.6 is 45.2 Å². The molecule has 108 valence electrons. The summed E-state index contributed by atoms with van der Waals surface area (Å²) in [5, 5.41) is 14.4. The minimum Gasteiger partial charge on any atom is -0.478 e. The number of carboxylic acid groups (broad SMARTS) is 1. The molecule has 0 spiro atoms. The monoisotopic (exact) mass is 502 g/mol. The van der Waals surface area contributed by atoms with Crippen molar-refractivity contribution in [2.24, 2.45) is 0 Å². The fourth-order valence-electron chi connectivity index (χ4n) is 1.74. The van der Waals surface area contributed by atoms with Gasteiger partial charge in [0.05, 0.1) is 24.0 Å². The Morgan fingerprint density at radius 2 is 1.60 bits per heavy atom. The summed E-state index contributed by atoms with van der Waals surface area (Å²) < 4.78 is 0.920. The number of amides is 2. The fraction of sp³-hybridized carbons (Fsp3) is 0.250. The first kappa shape index (κ1) is 17.1. The van der Waals surface area contributed by atoms with Gasteiger partial charge in [-0.3, -0.25) is 9.59 Å². The van der Waals surface area contributed by atoms with Gasteiger partial charge < -0.3 is 15.7 Å². The Morgan fingerprint density at radius 1 is 1.10 bits per heavy atom. The highest BCUT2D eigenvalue weighted by molar-refractivity contribution is 14.1. The molecule has 0 aliphatic heterocycles. The summed E-state index contributed by atoms with van der Waals surface area (Å²) in [6.45, 7) is 2.90. The number of carboxylic acids is 1. The Bertz CT molecular complexity index is 614. The summed E-state index contributed by atoms with van der Waals surface area (Å²) in [6, 6.07) is 0. The first-order chi connectivity index (χ1) is 9.22. The lowest BCUT2D eigenvalue weighted by atomic mass is 10.00. The molecule has 0 aliphatic carbocycles. The Kier molecular flexibility index (Phi) is 5.74. The zero-order valence-electron chi connectivity index (χ0n) is 10.9. The van der Waals surface area contributed by atoms with Gasteiger partial charge in [0, 0.05) is 14.0 Å². The summed E-state index contributed by atoms with van der Waals surface area (Å²) in [7, 11) is 1.47. The molecule has 1 aromatic carbocycles. The van der Waals surface area contributed by atoms with Crippen molar-refractivity contribution < 1.29 is 19.5 Å². The van der Waals surface area contributed by atoms with E-state index in [2.05, 4.69) is 10.6 Å². The van der Waals surface area contributed by atoms with Crippen LogP contribution in [-0.4, -0.2) is 29.9 Å². The summed E-state index contributed by atoms with van der Waals surface area (Å²) in [6.07, 6.45) is 0. The van der Waals surface area contributed by atoms with Crippen molar-refractivity contribution in [2.75, 3.05) is 12.4 Å². The van der Waals surface area contributed by atoms with Crippen LogP contribution in [0.4, 0.5) is 5.69 Å². The van der Waals surface area contributed by atoms with Gasteiger partial charge in [0.25, 0.3) is 5.91 Å². The number of carbonyl (C=O) groups is 3. The van der Waals surface area contributed by atoms with Crippen LogP contribution in [0.15, 0.2) is 0 Å². The number of nitrogens with one attached hydrogen (secondary N) is 2. The van der Waals surface area contributed by atoms with E-state index < -0.39 is 11.9 Å². The molecule has 0 aromatic heterocycles. The molecule has 0 saturated carbocycles. The zero-order chi connectivity index (χ0) is 15.6. The molecule has 6 nitrogen and oxygen atoms in total. The van der Waals surface area contributed by atoms with Gasteiger partial charge in [-0.05, 0) is 57.7 Å². The number of rotatable bonds is 3. The highest BCUT2D eigenvalue weighted by atomic mass is 127. The van der Waals surface area contributed by atoms with Gasteiger partial charge in [-0.15, -0.1) is 0 Å². The van der Waals surface area contributed by atoms with Crippen molar-refractivity contribution in [3.05, 3.63) is 23.8 Å². The summed E-state index contributed by atoms with van der Waals surface area (Å²) in [4.78, 5) is 34.6. The van der Waals surface area contributed by atoms with Crippen LogP contribution in [0.1, 0.15) is 33.2 Å². The predicted octanol–water partition coefficient (Wildman–Crippen LogP) is 2.22. The number of halogens is 2. The Hall–Kier alpha value is -0.910. The molecule has 0 fully saturated rings. The fourth-order valence-corrected chi connectivity index (χ4v) is 4.35. The number of hydrogen-bond donors (Lipinski definition) is 3. The number of carbonyl (C=O) groups excluding carboxylic acids is 2. The molecule has 0 heterocycles. The lowest BCUT2D eigenvalue weighted by Gasteiger charge is -2.17. The molecule has 0 bridgehead atoms.